The fraction of sp³-hybridized carbons (Fsp3) is 0.204. The standard InChI is InChI=1S/C49H45NPS/c1-5-47(4)41-31-30-38(34-40(41)46-39-25-15-14-20-35(39)32-33-50(46)48(47,6-2)7-3)51(52)44-28-18-16-26-42(44)49(36-21-10-8-11-22-36,37-23-12-9-13-24-37)43-27-17-19-29-45(43)51/h8-34H,5-7H2,1-4H3/q+1. The summed E-state index contributed by atoms with van der Waals surface area (Å²) < 4.78 is 2.66. The molecule has 0 saturated carbocycles. The van der Waals surface area contributed by atoms with Crippen LogP contribution in [-0.2, 0) is 28.2 Å². The quantitative estimate of drug-likeness (QED) is 0.123. The van der Waals surface area contributed by atoms with Crippen LogP contribution in [-0.4, -0.2) is 0 Å². The van der Waals surface area contributed by atoms with Gasteiger partial charge in [-0.1, -0.05) is 172 Å². The monoisotopic (exact) mass is 710 g/mol. The lowest BCUT2D eigenvalue weighted by molar-refractivity contribution is -0.768. The van der Waals surface area contributed by atoms with Gasteiger partial charge >= 0.3 is 0 Å². The Balaban J connectivity index is 1.39. The first kappa shape index (κ1) is 33.2. The molecule has 0 spiro atoms. The van der Waals surface area contributed by atoms with E-state index in [1.807, 2.05) is 0 Å². The Labute approximate surface area is 314 Å². The Bertz CT molecular complexity index is 2440. The van der Waals surface area contributed by atoms with Gasteiger partial charge in [0.1, 0.15) is 0 Å². The Morgan fingerprint density at radius 1 is 0.558 bits per heavy atom. The van der Waals surface area contributed by atoms with Gasteiger partial charge < -0.3 is 0 Å². The minimum atomic E-state index is -2.56. The number of hydrogen-bond acceptors (Lipinski definition) is 1. The van der Waals surface area contributed by atoms with Gasteiger partial charge in [-0.3, -0.25) is 0 Å². The average Bonchev–Trinajstić information content (AvgIpc) is 3.22. The smallest absolute Gasteiger partial charge is 0.192 e. The number of fused-ring (bicyclic) bond motifs is 7. The van der Waals surface area contributed by atoms with E-state index in [4.69, 9.17) is 11.8 Å². The molecule has 7 aromatic rings. The number of pyridine rings is 1. The van der Waals surface area contributed by atoms with E-state index in [0.29, 0.717) is 0 Å². The fourth-order valence-electron chi connectivity index (χ4n) is 10.5. The summed E-state index contributed by atoms with van der Waals surface area (Å²) in [5.74, 6) is 0. The van der Waals surface area contributed by atoms with Gasteiger partial charge in [-0.2, -0.15) is 4.57 Å². The van der Waals surface area contributed by atoms with E-state index in [2.05, 4.69) is 196 Å². The fourth-order valence-corrected chi connectivity index (χ4v) is 15.0. The first-order chi connectivity index (χ1) is 25.4. The van der Waals surface area contributed by atoms with E-state index in [1.54, 1.807) is 0 Å². The molecule has 2 aliphatic heterocycles. The molecular formula is C49H45NPS+. The third-order valence-corrected chi connectivity index (χ3v) is 18.1. The molecule has 1 unspecified atom stereocenters. The van der Waals surface area contributed by atoms with Crippen molar-refractivity contribution in [3.63, 3.8) is 0 Å². The topological polar surface area (TPSA) is 3.88 Å². The predicted octanol–water partition coefficient (Wildman–Crippen LogP) is 10.4. The van der Waals surface area contributed by atoms with Gasteiger partial charge in [0.2, 0.25) is 5.69 Å². The largest absolute Gasteiger partial charge is 0.221 e. The molecule has 0 radical (unpaired) electrons. The minimum Gasteiger partial charge on any atom is -0.192 e. The van der Waals surface area contributed by atoms with Crippen LogP contribution in [0, 0.1) is 0 Å². The molecule has 2 aliphatic rings. The highest BCUT2D eigenvalue weighted by molar-refractivity contribution is 8.25. The Kier molecular flexibility index (Phi) is 7.81. The van der Waals surface area contributed by atoms with Crippen LogP contribution < -0.4 is 20.5 Å². The maximum Gasteiger partial charge on any atom is 0.221 e. The van der Waals surface area contributed by atoms with Crippen molar-refractivity contribution in [3.05, 3.63) is 192 Å². The third-order valence-electron chi connectivity index (χ3n) is 13.1. The van der Waals surface area contributed by atoms with Gasteiger partial charge in [-0.15, -0.1) is 0 Å². The molecule has 0 fully saturated rings. The maximum atomic E-state index is 7.31. The second-order valence-corrected chi connectivity index (χ2v) is 19.2. The molecule has 0 aliphatic carbocycles. The number of hydrogen-bond donors (Lipinski definition) is 0. The lowest BCUT2D eigenvalue weighted by atomic mass is 9.58. The second-order valence-electron chi connectivity index (χ2n) is 14.9. The number of nitrogens with zero attached hydrogens (tertiary/aromatic N) is 1. The van der Waals surface area contributed by atoms with E-state index in [0.717, 1.165) is 19.3 Å². The van der Waals surface area contributed by atoms with Crippen molar-refractivity contribution in [3.8, 4) is 11.3 Å². The van der Waals surface area contributed by atoms with Crippen molar-refractivity contribution in [2.24, 2.45) is 0 Å². The van der Waals surface area contributed by atoms with Gasteiger partial charge in [-0.25, -0.2) is 0 Å². The first-order valence-corrected chi connectivity index (χ1v) is 21.7. The van der Waals surface area contributed by atoms with Crippen LogP contribution in [0.1, 0.15) is 74.8 Å². The lowest BCUT2D eigenvalue weighted by Gasteiger charge is -2.48. The molecule has 3 heteroatoms. The van der Waals surface area contributed by atoms with Crippen LogP contribution >= 0.6 is 6.04 Å². The molecule has 9 rings (SSSR count). The summed E-state index contributed by atoms with van der Waals surface area (Å²) in [6, 6.07) is 56.5. The van der Waals surface area contributed by atoms with Crippen LogP contribution in [0.4, 0.5) is 0 Å². The van der Waals surface area contributed by atoms with Crippen molar-refractivity contribution in [1.82, 2.24) is 0 Å². The molecule has 0 amide bonds. The van der Waals surface area contributed by atoms with Crippen LogP contribution in [0.25, 0.3) is 22.0 Å². The Morgan fingerprint density at radius 2 is 1.10 bits per heavy atom. The SMILES string of the molecule is CCC1(C)c2ccc(P3(=S)c4ccccc4C(c4ccccc4)(c4ccccc4)c4ccccc43)cc2-c2c3ccccc3cc[n+]2C1(CC)CC. The average molecular weight is 711 g/mol. The Morgan fingerprint density at radius 3 is 1.67 bits per heavy atom. The summed E-state index contributed by atoms with van der Waals surface area (Å²) in [5, 5.41) is 6.41. The summed E-state index contributed by atoms with van der Waals surface area (Å²) in [7, 11) is 0. The predicted molar refractivity (Wildman–Crippen MR) is 224 cm³/mol. The first-order valence-electron chi connectivity index (χ1n) is 18.9. The number of aromatic nitrogens is 1. The van der Waals surface area contributed by atoms with Crippen LogP contribution in [0.3, 0.4) is 0 Å². The zero-order valence-corrected chi connectivity index (χ0v) is 32.2. The van der Waals surface area contributed by atoms with E-state index in [9.17, 15) is 0 Å². The van der Waals surface area contributed by atoms with Gasteiger partial charge in [-0.05, 0) is 74.6 Å². The van der Waals surface area contributed by atoms with Crippen LogP contribution in [0.15, 0.2) is 164 Å². The number of rotatable bonds is 6. The highest BCUT2D eigenvalue weighted by Crippen LogP contribution is 2.58. The van der Waals surface area contributed by atoms with Crippen molar-refractivity contribution < 1.29 is 4.57 Å². The molecule has 0 bridgehead atoms. The molecule has 1 atom stereocenters. The molecular weight excluding hydrogens is 666 g/mol. The molecule has 52 heavy (non-hydrogen) atoms. The zero-order chi connectivity index (χ0) is 35.7. The van der Waals surface area contributed by atoms with E-state index in [1.165, 1.54) is 65.8 Å². The molecule has 0 saturated heterocycles. The summed E-state index contributed by atoms with van der Waals surface area (Å²) >= 11 is 7.31. The molecule has 256 valence electrons. The van der Waals surface area contributed by atoms with Crippen molar-refractivity contribution in [1.29, 1.82) is 0 Å². The summed E-state index contributed by atoms with van der Waals surface area (Å²) in [6.07, 6.45) is 5.55. The van der Waals surface area contributed by atoms with Crippen LogP contribution in [0.2, 0.25) is 0 Å². The lowest BCUT2D eigenvalue weighted by Crippen LogP contribution is -2.68. The highest BCUT2D eigenvalue weighted by Gasteiger charge is 2.59. The van der Waals surface area contributed by atoms with Crippen molar-refractivity contribution in [2.45, 2.75) is 63.3 Å². The summed E-state index contributed by atoms with van der Waals surface area (Å²) in [5.41, 5.74) is 8.60. The summed E-state index contributed by atoms with van der Waals surface area (Å²) in [4.78, 5) is 0. The molecule has 1 nitrogen and oxygen atoms in total. The van der Waals surface area contributed by atoms with Gasteiger partial charge in [0, 0.05) is 24.9 Å². The van der Waals surface area contributed by atoms with E-state index < -0.39 is 11.5 Å². The summed E-state index contributed by atoms with van der Waals surface area (Å²) in [6.45, 7) is 9.66. The zero-order valence-electron chi connectivity index (χ0n) is 30.5. The van der Waals surface area contributed by atoms with Crippen molar-refractivity contribution >= 4 is 44.5 Å². The molecule has 3 heterocycles. The van der Waals surface area contributed by atoms with Crippen molar-refractivity contribution in [2.75, 3.05) is 0 Å². The molecule has 6 aromatic carbocycles. The van der Waals surface area contributed by atoms with E-state index >= 15 is 0 Å². The number of benzene rings is 6. The van der Waals surface area contributed by atoms with E-state index in [-0.39, 0.29) is 11.0 Å². The molecule has 0 N–H and O–H groups in total. The Hall–Kier alpha value is -4.62. The van der Waals surface area contributed by atoms with Gasteiger partial charge in [0.05, 0.1) is 21.8 Å². The highest BCUT2D eigenvalue weighted by atomic mass is 32.4. The maximum absolute atomic E-state index is 7.31. The van der Waals surface area contributed by atoms with Gasteiger partial charge in [0.25, 0.3) is 0 Å². The van der Waals surface area contributed by atoms with Crippen LogP contribution in [0.5, 0.6) is 0 Å². The molecule has 1 aromatic heterocycles. The van der Waals surface area contributed by atoms with Gasteiger partial charge in [0.15, 0.2) is 11.7 Å². The minimum absolute atomic E-state index is 0.0502. The normalized spacial score (nSPS) is 18.8. The third kappa shape index (κ3) is 4.17. The second kappa shape index (κ2) is 12.2.